The first-order valence-electron chi connectivity index (χ1n) is 11.1. The number of anilines is 4. The van der Waals surface area contributed by atoms with Gasteiger partial charge in [-0.25, -0.2) is 9.97 Å². The maximum Gasteiger partial charge on any atom is 0.261 e. The van der Waals surface area contributed by atoms with Crippen LogP contribution in [-0.2, 0) is 6.54 Å². The van der Waals surface area contributed by atoms with Gasteiger partial charge in [0.2, 0.25) is 0 Å². The second kappa shape index (κ2) is 8.79. The van der Waals surface area contributed by atoms with Crippen LogP contribution in [0.1, 0.15) is 26.3 Å². The monoisotopic (exact) mass is 495 g/mol. The number of benzene rings is 3. The fraction of sp³-hybridized carbons (Fsp3) is 0.0385. The zero-order valence-corrected chi connectivity index (χ0v) is 19.5. The average molecular weight is 496 g/mol. The first-order valence-corrected chi connectivity index (χ1v) is 11.5. The molecule has 2 amide bonds. The van der Waals surface area contributed by atoms with Crippen molar-refractivity contribution in [2.24, 2.45) is 0 Å². The molecule has 1 aliphatic rings. The van der Waals surface area contributed by atoms with Crippen LogP contribution in [0.5, 0.6) is 0 Å². The van der Waals surface area contributed by atoms with Gasteiger partial charge in [-0.05, 0) is 48.0 Å². The molecular formula is C26H18ClN7O2. The molecule has 1 aliphatic heterocycles. The highest BCUT2D eigenvalue weighted by molar-refractivity contribution is 6.30. The van der Waals surface area contributed by atoms with E-state index < -0.39 is 0 Å². The minimum absolute atomic E-state index is 0.163. The number of aromatic nitrogens is 4. The molecule has 0 spiro atoms. The van der Waals surface area contributed by atoms with Crippen LogP contribution in [0.15, 0.2) is 79.1 Å². The number of rotatable bonds is 6. The van der Waals surface area contributed by atoms with E-state index in [9.17, 15) is 9.59 Å². The summed E-state index contributed by atoms with van der Waals surface area (Å²) in [4.78, 5) is 35.4. The lowest BCUT2D eigenvalue weighted by Gasteiger charge is -2.15. The lowest BCUT2D eigenvalue weighted by Crippen LogP contribution is -2.29. The molecule has 2 aromatic heterocycles. The molecule has 0 saturated heterocycles. The second-order valence-electron chi connectivity index (χ2n) is 8.22. The van der Waals surface area contributed by atoms with Gasteiger partial charge in [-0.3, -0.25) is 19.6 Å². The van der Waals surface area contributed by atoms with Gasteiger partial charge < -0.3 is 10.6 Å². The van der Waals surface area contributed by atoms with Crippen LogP contribution >= 0.6 is 11.6 Å². The Morgan fingerprint density at radius 1 is 0.833 bits per heavy atom. The standard InChI is InChI=1S/C26H18ClN7O2/c27-16-6-4-8-18(12-16)30-22-21-23(29-14-28-22)32-33-24(21)31-17-7-3-5-15(11-17)13-34-25(35)19-9-1-2-10-20(19)26(34)36/h1-12,14H,13H2,(H3,28,29,30,31,32,33). The predicted octanol–water partition coefficient (Wildman–Crippen LogP) is 5.29. The smallest absolute Gasteiger partial charge is 0.261 e. The maximum absolute atomic E-state index is 12.8. The number of carbonyl (C=O) groups is 2. The van der Waals surface area contributed by atoms with E-state index in [0.29, 0.717) is 38.8 Å². The molecule has 0 fully saturated rings. The molecule has 36 heavy (non-hydrogen) atoms. The third-order valence-corrected chi connectivity index (χ3v) is 6.09. The zero-order chi connectivity index (χ0) is 24.6. The number of amides is 2. The van der Waals surface area contributed by atoms with E-state index >= 15 is 0 Å². The van der Waals surface area contributed by atoms with Crippen molar-refractivity contribution in [3.05, 3.63) is 101 Å². The van der Waals surface area contributed by atoms with Gasteiger partial charge in [-0.1, -0.05) is 41.9 Å². The van der Waals surface area contributed by atoms with E-state index in [1.165, 1.54) is 11.2 Å². The number of hydrogen-bond acceptors (Lipinski definition) is 7. The highest BCUT2D eigenvalue weighted by atomic mass is 35.5. The van der Waals surface area contributed by atoms with E-state index in [4.69, 9.17) is 11.6 Å². The lowest BCUT2D eigenvalue weighted by atomic mass is 10.1. The van der Waals surface area contributed by atoms with Gasteiger partial charge in [0.1, 0.15) is 23.3 Å². The number of aromatic amines is 1. The largest absolute Gasteiger partial charge is 0.340 e. The van der Waals surface area contributed by atoms with Crippen molar-refractivity contribution >= 4 is 57.5 Å². The molecule has 6 rings (SSSR count). The Morgan fingerprint density at radius 3 is 2.31 bits per heavy atom. The number of nitrogens with one attached hydrogen (secondary N) is 3. The van der Waals surface area contributed by atoms with Crippen molar-refractivity contribution in [2.45, 2.75) is 6.54 Å². The zero-order valence-electron chi connectivity index (χ0n) is 18.7. The number of imide groups is 1. The summed E-state index contributed by atoms with van der Waals surface area (Å²) in [5.74, 6) is 0.568. The van der Waals surface area contributed by atoms with Gasteiger partial charge in [-0.15, -0.1) is 0 Å². The number of fused-ring (bicyclic) bond motifs is 2. The predicted molar refractivity (Wildman–Crippen MR) is 137 cm³/mol. The molecule has 0 radical (unpaired) electrons. The summed E-state index contributed by atoms with van der Waals surface area (Å²) in [6, 6.07) is 21.7. The van der Waals surface area contributed by atoms with Crippen LogP contribution < -0.4 is 10.6 Å². The average Bonchev–Trinajstić information content (AvgIpc) is 3.40. The first-order chi connectivity index (χ1) is 17.6. The second-order valence-corrected chi connectivity index (χ2v) is 8.66. The molecule has 0 aliphatic carbocycles. The van der Waals surface area contributed by atoms with Crippen molar-refractivity contribution in [1.29, 1.82) is 0 Å². The van der Waals surface area contributed by atoms with Gasteiger partial charge >= 0.3 is 0 Å². The summed E-state index contributed by atoms with van der Waals surface area (Å²) >= 11 is 6.12. The summed E-state index contributed by atoms with van der Waals surface area (Å²) in [5.41, 5.74) is 3.66. The van der Waals surface area contributed by atoms with E-state index in [0.717, 1.165) is 16.9 Å². The van der Waals surface area contributed by atoms with Gasteiger partial charge in [0.05, 0.1) is 17.7 Å². The normalized spacial score (nSPS) is 12.8. The molecule has 3 N–H and O–H groups in total. The molecule has 0 unspecified atom stereocenters. The molecule has 3 heterocycles. The Kier molecular flexibility index (Phi) is 5.31. The van der Waals surface area contributed by atoms with E-state index in [1.54, 1.807) is 36.4 Å². The van der Waals surface area contributed by atoms with Crippen molar-refractivity contribution in [3.8, 4) is 0 Å². The molecule has 0 bridgehead atoms. The number of hydrogen-bond donors (Lipinski definition) is 3. The summed E-state index contributed by atoms with van der Waals surface area (Å²) in [6.07, 6.45) is 1.43. The highest BCUT2D eigenvalue weighted by Crippen LogP contribution is 2.31. The summed E-state index contributed by atoms with van der Waals surface area (Å²) in [7, 11) is 0. The fourth-order valence-electron chi connectivity index (χ4n) is 4.20. The topological polar surface area (TPSA) is 116 Å². The number of nitrogens with zero attached hydrogens (tertiary/aromatic N) is 4. The Hall–Kier alpha value is -4.76. The first kappa shape index (κ1) is 21.8. The van der Waals surface area contributed by atoms with E-state index in [1.807, 2.05) is 36.4 Å². The molecule has 10 heteroatoms. The maximum atomic E-state index is 12.8. The lowest BCUT2D eigenvalue weighted by molar-refractivity contribution is 0.0642. The van der Waals surface area contributed by atoms with Crippen LogP contribution in [0.4, 0.5) is 23.0 Å². The molecule has 0 atom stereocenters. The van der Waals surface area contributed by atoms with Crippen molar-refractivity contribution in [2.75, 3.05) is 10.6 Å². The Bertz CT molecular complexity index is 1610. The Labute approximate surface area is 210 Å². The third-order valence-electron chi connectivity index (χ3n) is 5.85. The van der Waals surface area contributed by atoms with Crippen LogP contribution in [0, 0.1) is 0 Å². The van der Waals surface area contributed by atoms with Crippen LogP contribution in [0.3, 0.4) is 0 Å². The molecule has 3 aromatic carbocycles. The minimum Gasteiger partial charge on any atom is -0.340 e. The van der Waals surface area contributed by atoms with Crippen molar-refractivity contribution < 1.29 is 9.59 Å². The van der Waals surface area contributed by atoms with E-state index in [-0.39, 0.29) is 18.4 Å². The molecule has 9 nitrogen and oxygen atoms in total. The van der Waals surface area contributed by atoms with Crippen molar-refractivity contribution in [1.82, 2.24) is 25.1 Å². The SMILES string of the molecule is O=C1c2ccccc2C(=O)N1Cc1cccc(Nc2[nH]nc3ncnc(Nc4cccc(Cl)c4)c23)c1. The van der Waals surface area contributed by atoms with Gasteiger partial charge in [0.15, 0.2) is 5.65 Å². The number of H-pyrrole nitrogens is 1. The van der Waals surface area contributed by atoms with Crippen LogP contribution in [0.2, 0.25) is 5.02 Å². The molecule has 5 aromatic rings. The van der Waals surface area contributed by atoms with Crippen LogP contribution in [0.25, 0.3) is 11.0 Å². The highest BCUT2D eigenvalue weighted by Gasteiger charge is 2.34. The molecule has 176 valence electrons. The Morgan fingerprint density at radius 2 is 1.56 bits per heavy atom. The fourth-order valence-corrected chi connectivity index (χ4v) is 4.39. The number of halogens is 1. The minimum atomic E-state index is -0.289. The van der Waals surface area contributed by atoms with E-state index in [2.05, 4.69) is 30.8 Å². The van der Waals surface area contributed by atoms with Gasteiger partial charge in [0, 0.05) is 16.4 Å². The summed E-state index contributed by atoms with van der Waals surface area (Å²) in [6.45, 7) is 0.163. The van der Waals surface area contributed by atoms with Gasteiger partial charge in [-0.2, -0.15) is 5.10 Å². The quantitative estimate of drug-likeness (QED) is 0.274. The molecule has 0 saturated carbocycles. The van der Waals surface area contributed by atoms with Crippen LogP contribution in [-0.4, -0.2) is 36.9 Å². The summed E-state index contributed by atoms with van der Waals surface area (Å²) < 4.78 is 0. The number of carbonyl (C=O) groups excluding carboxylic acids is 2. The third kappa shape index (κ3) is 3.91. The van der Waals surface area contributed by atoms with Gasteiger partial charge in [0.25, 0.3) is 11.8 Å². The Balaban J connectivity index is 1.26. The molecular weight excluding hydrogens is 478 g/mol. The summed E-state index contributed by atoms with van der Waals surface area (Å²) in [5, 5.41) is 15.1. The van der Waals surface area contributed by atoms with Crippen molar-refractivity contribution in [3.63, 3.8) is 0 Å².